The number of benzene rings is 1. The third kappa shape index (κ3) is 7.67. The number of rotatable bonds is 8. The first kappa shape index (κ1) is 18.0. The van der Waals surface area contributed by atoms with Crippen molar-refractivity contribution in [2.45, 2.75) is 26.2 Å². The molecule has 0 unspecified atom stereocenters. The lowest BCUT2D eigenvalue weighted by Gasteiger charge is -2.13. The molecule has 0 atom stereocenters. The zero-order valence-electron chi connectivity index (χ0n) is 13.9. The fourth-order valence-corrected chi connectivity index (χ4v) is 1.85. The second-order valence-corrected chi connectivity index (χ2v) is 5.40. The maximum absolute atomic E-state index is 11.6. The Morgan fingerprint density at radius 3 is 2.45 bits per heavy atom. The van der Waals surface area contributed by atoms with Gasteiger partial charge in [0.1, 0.15) is 6.54 Å². The summed E-state index contributed by atoms with van der Waals surface area (Å²) in [5.74, 6) is 0.715. The molecular weight excluding hydrogens is 276 g/mol. The quantitative estimate of drug-likeness (QED) is 0.436. The van der Waals surface area contributed by atoms with Gasteiger partial charge in [-0.25, -0.2) is 4.99 Å². The molecule has 0 aromatic heterocycles. The molecule has 0 aliphatic heterocycles. The van der Waals surface area contributed by atoms with E-state index < -0.39 is 0 Å². The van der Waals surface area contributed by atoms with Crippen molar-refractivity contribution >= 4 is 11.9 Å². The lowest BCUT2D eigenvalue weighted by molar-refractivity contribution is -0.127. The lowest BCUT2D eigenvalue weighted by atomic mass is 10.1. The third-order valence-electron chi connectivity index (χ3n) is 3.19. The molecule has 0 aliphatic carbocycles. The van der Waals surface area contributed by atoms with Gasteiger partial charge in [-0.2, -0.15) is 0 Å². The second-order valence-electron chi connectivity index (χ2n) is 5.40. The first-order chi connectivity index (χ1) is 10.6. The average molecular weight is 304 g/mol. The zero-order chi connectivity index (χ0) is 16.2. The van der Waals surface area contributed by atoms with Gasteiger partial charge in [0, 0.05) is 27.2 Å². The van der Waals surface area contributed by atoms with Crippen molar-refractivity contribution in [1.82, 2.24) is 15.5 Å². The smallest absolute Gasteiger partial charge is 0.243 e. The highest BCUT2D eigenvalue weighted by atomic mass is 16.2. The number of aryl methyl sites for hydroxylation is 1. The summed E-state index contributed by atoms with van der Waals surface area (Å²) in [5, 5.41) is 6.52. The van der Waals surface area contributed by atoms with E-state index in [1.54, 1.807) is 19.0 Å². The number of carbonyl (C=O) groups is 1. The number of nitrogens with zero attached hydrogens (tertiary/aromatic N) is 2. The van der Waals surface area contributed by atoms with Gasteiger partial charge in [0.2, 0.25) is 5.91 Å². The van der Waals surface area contributed by atoms with Crippen molar-refractivity contribution in [3.8, 4) is 0 Å². The van der Waals surface area contributed by atoms with Crippen molar-refractivity contribution in [3.05, 3.63) is 35.9 Å². The highest BCUT2D eigenvalue weighted by molar-refractivity contribution is 5.84. The highest BCUT2D eigenvalue weighted by Crippen LogP contribution is 2.01. The molecule has 22 heavy (non-hydrogen) atoms. The van der Waals surface area contributed by atoms with Gasteiger partial charge >= 0.3 is 0 Å². The van der Waals surface area contributed by atoms with Crippen LogP contribution >= 0.6 is 0 Å². The van der Waals surface area contributed by atoms with Crippen molar-refractivity contribution in [3.63, 3.8) is 0 Å². The molecule has 5 heteroatoms. The SMILES string of the molecule is CCCNC(=NCC(=O)N(C)C)NCCCc1ccccc1. The van der Waals surface area contributed by atoms with Gasteiger partial charge in [0.15, 0.2) is 5.96 Å². The Morgan fingerprint density at radius 2 is 1.82 bits per heavy atom. The Kier molecular flexibility index (Phi) is 8.72. The van der Waals surface area contributed by atoms with Crippen LogP contribution in [0.3, 0.4) is 0 Å². The number of aliphatic imine (C=N–C) groups is 1. The minimum atomic E-state index is 0.00174. The zero-order valence-corrected chi connectivity index (χ0v) is 13.9. The van der Waals surface area contributed by atoms with Crippen LogP contribution in [0.15, 0.2) is 35.3 Å². The van der Waals surface area contributed by atoms with E-state index in [0.29, 0.717) is 5.96 Å². The van der Waals surface area contributed by atoms with Crippen LogP contribution in [0.5, 0.6) is 0 Å². The summed E-state index contributed by atoms with van der Waals surface area (Å²) in [6.07, 6.45) is 3.08. The predicted molar refractivity (Wildman–Crippen MR) is 92.1 cm³/mol. The van der Waals surface area contributed by atoms with Crippen molar-refractivity contribution in [2.75, 3.05) is 33.7 Å². The molecule has 0 saturated carbocycles. The van der Waals surface area contributed by atoms with Crippen LogP contribution < -0.4 is 10.6 Å². The molecule has 0 fully saturated rings. The Morgan fingerprint density at radius 1 is 1.14 bits per heavy atom. The maximum Gasteiger partial charge on any atom is 0.243 e. The molecule has 0 bridgehead atoms. The molecule has 0 radical (unpaired) electrons. The van der Waals surface area contributed by atoms with Gasteiger partial charge in [-0.05, 0) is 24.8 Å². The highest BCUT2D eigenvalue weighted by Gasteiger charge is 2.04. The fourth-order valence-electron chi connectivity index (χ4n) is 1.85. The lowest BCUT2D eigenvalue weighted by Crippen LogP contribution is -2.39. The summed E-state index contributed by atoms with van der Waals surface area (Å²) in [5.41, 5.74) is 1.34. The minimum Gasteiger partial charge on any atom is -0.356 e. The summed E-state index contributed by atoms with van der Waals surface area (Å²) in [4.78, 5) is 17.5. The number of amides is 1. The third-order valence-corrected chi connectivity index (χ3v) is 3.19. The molecule has 0 saturated heterocycles. The van der Waals surface area contributed by atoms with Gasteiger partial charge in [-0.1, -0.05) is 37.3 Å². The van der Waals surface area contributed by atoms with Crippen LogP contribution in [0.1, 0.15) is 25.3 Å². The van der Waals surface area contributed by atoms with Crippen LogP contribution in [-0.4, -0.2) is 50.5 Å². The van der Waals surface area contributed by atoms with Crippen LogP contribution in [0.4, 0.5) is 0 Å². The van der Waals surface area contributed by atoms with Crippen LogP contribution in [0, 0.1) is 0 Å². The Bertz CT molecular complexity index is 457. The summed E-state index contributed by atoms with van der Waals surface area (Å²) in [6.45, 7) is 3.96. The van der Waals surface area contributed by atoms with Gasteiger partial charge < -0.3 is 15.5 Å². The second kappa shape index (κ2) is 10.7. The molecular formula is C17H28N4O. The first-order valence-electron chi connectivity index (χ1n) is 7.89. The molecule has 5 nitrogen and oxygen atoms in total. The van der Waals surface area contributed by atoms with E-state index in [2.05, 4.69) is 46.8 Å². The number of carbonyl (C=O) groups excluding carboxylic acids is 1. The largest absolute Gasteiger partial charge is 0.356 e. The Hall–Kier alpha value is -2.04. The molecule has 122 valence electrons. The van der Waals surface area contributed by atoms with Crippen molar-refractivity contribution < 1.29 is 4.79 Å². The van der Waals surface area contributed by atoms with Crippen LogP contribution in [0.2, 0.25) is 0 Å². The number of hydrogen-bond donors (Lipinski definition) is 2. The van der Waals surface area contributed by atoms with Gasteiger partial charge in [0.05, 0.1) is 0 Å². The van der Waals surface area contributed by atoms with E-state index in [9.17, 15) is 4.79 Å². The Labute approximate surface area is 133 Å². The molecule has 0 aliphatic rings. The molecule has 2 N–H and O–H groups in total. The van der Waals surface area contributed by atoms with Gasteiger partial charge in [0.25, 0.3) is 0 Å². The topological polar surface area (TPSA) is 56.7 Å². The van der Waals surface area contributed by atoms with E-state index in [0.717, 1.165) is 32.4 Å². The average Bonchev–Trinajstić information content (AvgIpc) is 2.53. The fraction of sp³-hybridized carbons (Fsp3) is 0.529. The van der Waals surface area contributed by atoms with Gasteiger partial charge in [-0.15, -0.1) is 0 Å². The number of nitrogens with one attached hydrogen (secondary N) is 2. The molecule has 0 spiro atoms. The standard InChI is InChI=1S/C17H28N4O/c1-4-12-18-17(20-14-16(22)21(2)3)19-13-8-11-15-9-6-5-7-10-15/h5-7,9-10H,4,8,11-14H2,1-3H3,(H2,18,19,20). The van der Waals surface area contributed by atoms with Crippen LogP contribution in [0.25, 0.3) is 0 Å². The number of hydrogen-bond acceptors (Lipinski definition) is 2. The van der Waals surface area contributed by atoms with E-state index in [4.69, 9.17) is 0 Å². The maximum atomic E-state index is 11.6. The molecule has 1 aromatic rings. The first-order valence-corrected chi connectivity index (χ1v) is 7.89. The monoisotopic (exact) mass is 304 g/mol. The number of guanidine groups is 1. The predicted octanol–water partition coefficient (Wildman–Crippen LogP) is 1.65. The van der Waals surface area contributed by atoms with Gasteiger partial charge in [-0.3, -0.25) is 4.79 Å². The Balaban J connectivity index is 2.37. The summed E-state index contributed by atoms with van der Waals surface area (Å²) in [7, 11) is 3.48. The molecule has 1 aromatic carbocycles. The normalized spacial score (nSPS) is 11.1. The summed E-state index contributed by atoms with van der Waals surface area (Å²) >= 11 is 0. The van der Waals surface area contributed by atoms with E-state index in [1.807, 2.05) is 6.07 Å². The van der Waals surface area contributed by atoms with Crippen molar-refractivity contribution in [2.24, 2.45) is 4.99 Å². The summed E-state index contributed by atoms with van der Waals surface area (Å²) < 4.78 is 0. The van der Waals surface area contributed by atoms with E-state index >= 15 is 0 Å². The molecule has 1 amide bonds. The molecule has 1 rings (SSSR count). The van der Waals surface area contributed by atoms with Crippen LogP contribution in [-0.2, 0) is 11.2 Å². The number of likely N-dealkylation sites (N-methyl/N-ethyl adjacent to an activating group) is 1. The minimum absolute atomic E-state index is 0.00174. The van der Waals surface area contributed by atoms with E-state index in [1.165, 1.54) is 5.56 Å². The molecule has 0 heterocycles. The summed E-state index contributed by atoms with van der Waals surface area (Å²) in [6, 6.07) is 10.4. The van der Waals surface area contributed by atoms with Crippen molar-refractivity contribution in [1.29, 1.82) is 0 Å². The van der Waals surface area contributed by atoms with E-state index in [-0.39, 0.29) is 12.5 Å².